The monoisotopic (exact) mass is 179 g/mol. The Labute approximate surface area is 75.2 Å². The number of rotatable bonds is 2. The van der Waals surface area contributed by atoms with Gasteiger partial charge in [0.25, 0.3) is 0 Å². The van der Waals surface area contributed by atoms with Crippen molar-refractivity contribution in [1.29, 1.82) is 0 Å². The van der Waals surface area contributed by atoms with Gasteiger partial charge >= 0.3 is 5.97 Å². The van der Waals surface area contributed by atoms with Crippen molar-refractivity contribution < 1.29 is 9.90 Å². The molecule has 13 heavy (non-hydrogen) atoms. The maximum absolute atomic E-state index is 10.6. The molecule has 4 heteroatoms. The number of hydrogen-bond donors (Lipinski definition) is 1. The third-order valence-electron chi connectivity index (χ3n) is 1.94. The lowest BCUT2D eigenvalue weighted by molar-refractivity contribution is 0.0697. The van der Waals surface area contributed by atoms with E-state index < -0.39 is 5.97 Å². The van der Waals surface area contributed by atoms with Gasteiger partial charge in [-0.3, -0.25) is 0 Å². The van der Waals surface area contributed by atoms with Crippen LogP contribution in [0.1, 0.15) is 21.5 Å². The Hall–Kier alpha value is -1.71. The van der Waals surface area contributed by atoms with E-state index in [0.29, 0.717) is 0 Å². The first-order valence-electron chi connectivity index (χ1n) is 3.74. The molecular weight excluding hydrogens is 170 g/mol. The summed E-state index contributed by atoms with van der Waals surface area (Å²) in [5.74, 6) is -1.13. The summed E-state index contributed by atoms with van der Waals surface area (Å²) in [4.78, 5) is 20.9. The van der Waals surface area contributed by atoms with Gasteiger partial charge in [-0.25, -0.2) is 4.79 Å². The van der Waals surface area contributed by atoms with E-state index >= 15 is 0 Å². The number of nitroso groups, excluding NO2 is 1. The van der Waals surface area contributed by atoms with Crippen LogP contribution in [0.2, 0.25) is 0 Å². The maximum Gasteiger partial charge on any atom is 0.338 e. The molecule has 0 aromatic heterocycles. The van der Waals surface area contributed by atoms with Gasteiger partial charge in [0.1, 0.15) is 5.69 Å². The van der Waals surface area contributed by atoms with Gasteiger partial charge in [-0.05, 0) is 42.3 Å². The lowest BCUT2D eigenvalue weighted by Crippen LogP contribution is -1.98. The number of carbonyl (C=O) groups is 1. The molecular formula is C9H9NO3. The maximum atomic E-state index is 10.6. The lowest BCUT2D eigenvalue weighted by Gasteiger charge is -2.03. The topological polar surface area (TPSA) is 66.7 Å². The molecule has 0 heterocycles. The number of carboxylic acid groups (broad SMARTS) is 1. The largest absolute Gasteiger partial charge is 0.478 e. The van der Waals surface area contributed by atoms with E-state index in [9.17, 15) is 9.70 Å². The van der Waals surface area contributed by atoms with E-state index in [1.165, 1.54) is 12.1 Å². The van der Waals surface area contributed by atoms with Crippen molar-refractivity contribution in [2.24, 2.45) is 5.18 Å². The Morgan fingerprint density at radius 1 is 1.31 bits per heavy atom. The molecule has 0 radical (unpaired) electrons. The summed E-state index contributed by atoms with van der Waals surface area (Å²) < 4.78 is 0. The van der Waals surface area contributed by atoms with Crippen molar-refractivity contribution in [3.8, 4) is 0 Å². The number of benzene rings is 1. The van der Waals surface area contributed by atoms with Crippen LogP contribution in [-0.2, 0) is 0 Å². The predicted molar refractivity (Wildman–Crippen MR) is 48.3 cm³/mol. The van der Waals surface area contributed by atoms with Crippen LogP contribution in [-0.4, -0.2) is 11.1 Å². The minimum absolute atomic E-state index is 0.0180. The molecule has 68 valence electrons. The van der Waals surface area contributed by atoms with Crippen molar-refractivity contribution in [2.45, 2.75) is 13.8 Å². The molecule has 0 aliphatic rings. The fraction of sp³-hybridized carbons (Fsp3) is 0.222. The van der Waals surface area contributed by atoms with E-state index in [-0.39, 0.29) is 11.3 Å². The SMILES string of the molecule is Cc1cc(N=O)c(C(=O)O)cc1C. The van der Waals surface area contributed by atoms with Gasteiger partial charge in [0, 0.05) is 0 Å². The highest BCUT2D eigenvalue weighted by molar-refractivity contribution is 5.93. The number of nitrogens with zero attached hydrogens (tertiary/aromatic N) is 1. The molecule has 0 fully saturated rings. The zero-order chi connectivity index (χ0) is 10.0. The van der Waals surface area contributed by atoms with E-state index in [4.69, 9.17) is 5.11 Å². The van der Waals surface area contributed by atoms with E-state index in [1.807, 2.05) is 0 Å². The molecule has 1 aromatic rings. The van der Waals surface area contributed by atoms with Crippen LogP contribution in [0.3, 0.4) is 0 Å². The van der Waals surface area contributed by atoms with Crippen LogP contribution < -0.4 is 0 Å². The summed E-state index contributed by atoms with van der Waals surface area (Å²) in [5.41, 5.74) is 1.64. The third-order valence-corrected chi connectivity index (χ3v) is 1.94. The van der Waals surface area contributed by atoms with Crippen LogP contribution in [0.5, 0.6) is 0 Å². The number of carboxylic acids is 1. The second kappa shape index (κ2) is 3.35. The zero-order valence-corrected chi connectivity index (χ0v) is 7.37. The van der Waals surface area contributed by atoms with Crippen LogP contribution >= 0.6 is 0 Å². The highest BCUT2D eigenvalue weighted by Crippen LogP contribution is 2.23. The number of aryl methyl sites for hydroxylation is 2. The molecule has 1 aromatic carbocycles. The highest BCUT2D eigenvalue weighted by atomic mass is 16.4. The molecule has 0 amide bonds. The Kier molecular flexibility index (Phi) is 2.41. The standard InChI is InChI=1S/C9H9NO3/c1-5-3-7(9(11)12)8(10-13)4-6(5)2/h3-4H,1-2H3,(H,11,12). The summed E-state index contributed by atoms with van der Waals surface area (Å²) in [7, 11) is 0. The average Bonchev–Trinajstić information content (AvgIpc) is 2.08. The first kappa shape index (κ1) is 9.38. The molecule has 1 rings (SSSR count). The summed E-state index contributed by atoms with van der Waals surface area (Å²) in [6, 6.07) is 2.93. The van der Waals surface area contributed by atoms with Crippen LogP contribution in [0.15, 0.2) is 17.3 Å². The number of hydrogen-bond acceptors (Lipinski definition) is 3. The minimum Gasteiger partial charge on any atom is -0.478 e. The van der Waals surface area contributed by atoms with Crippen molar-refractivity contribution in [2.75, 3.05) is 0 Å². The molecule has 0 unspecified atom stereocenters. The van der Waals surface area contributed by atoms with Gasteiger partial charge in [-0.2, -0.15) is 0 Å². The normalized spacial score (nSPS) is 9.69. The third kappa shape index (κ3) is 1.72. The summed E-state index contributed by atoms with van der Waals surface area (Å²) >= 11 is 0. The molecule has 0 aliphatic heterocycles. The second-order valence-electron chi connectivity index (χ2n) is 2.85. The van der Waals surface area contributed by atoms with Crippen LogP contribution in [0.25, 0.3) is 0 Å². The Morgan fingerprint density at radius 2 is 1.85 bits per heavy atom. The van der Waals surface area contributed by atoms with Crippen molar-refractivity contribution in [1.82, 2.24) is 0 Å². The predicted octanol–water partition coefficient (Wildman–Crippen LogP) is 2.40. The van der Waals surface area contributed by atoms with Crippen molar-refractivity contribution >= 4 is 11.7 Å². The second-order valence-corrected chi connectivity index (χ2v) is 2.85. The lowest BCUT2D eigenvalue weighted by atomic mass is 10.0. The molecule has 0 aliphatic carbocycles. The number of aromatic carboxylic acids is 1. The van der Waals surface area contributed by atoms with Gasteiger partial charge in [-0.15, -0.1) is 4.91 Å². The van der Waals surface area contributed by atoms with E-state index in [1.54, 1.807) is 13.8 Å². The van der Waals surface area contributed by atoms with Gasteiger partial charge in [0.2, 0.25) is 0 Å². The molecule has 1 N–H and O–H groups in total. The van der Waals surface area contributed by atoms with Crippen molar-refractivity contribution in [3.05, 3.63) is 33.7 Å². The Balaban J connectivity index is 3.41. The van der Waals surface area contributed by atoms with Gasteiger partial charge in [-0.1, -0.05) is 0 Å². The highest BCUT2D eigenvalue weighted by Gasteiger charge is 2.11. The van der Waals surface area contributed by atoms with Gasteiger partial charge in [0.15, 0.2) is 0 Å². The first-order chi connectivity index (χ1) is 6.06. The fourth-order valence-corrected chi connectivity index (χ4v) is 1.05. The van der Waals surface area contributed by atoms with E-state index in [0.717, 1.165) is 11.1 Å². The molecule has 0 spiro atoms. The smallest absolute Gasteiger partial charge is 0.338 e. The molecule has 0 saturated carbocycles. The Morgan fingerprint density at radius 3 is 2.31 bits per heavy atom. The summed E-state index contributed by atoms with van der Waals surface area (Å²) in [6.07, 6.45) is 0. The summed E-state index contributed by atoms with van der Waals surface area (Å²) in [5, 5.41) is 11.4. The average molecular weight is 179 g/mol. The molecule has 0 bridgehead atoms. The molecule has 0 atom stereocenters. The van der Waals surface area contributed by atoms with Gasteiger partial charge < -0.3 is 5.11 Å². The molecule has 4 nitrogen and oxygen atoms in total. The fourth-order valence-electron chi connectivity index (χ4n) is 1.05. The van der Waals surface area contributed by atoms with Gasteiger partial charge in [0.05, 0.1) is 5.56 Å². The minimum atomic E-state index is -1.13. The van der Waals surface area contributed by atoms with E-state index in [2.05, 4.69) is 5.18 Å². The van der Waals surface area contributed by atoms with Crippen molar-refractivity contribution in [3.63, 3.8) is 0 Å². The molecule has 0 saturated heterocycles. The van der Waals surface area contributed by atoms with Crippen LogP contribution in [0.4, 0.5) is 5.69 Å². The zero-order valence-electron chi connectivity index (χ0n) is 7.37. The quantitative estimate of drug-likeness (QED) is 0.709. The Bertz CT molecular complexity index is 371. The first-order valence-corrected chi connectivity index (χ1v) is 3.74. The van der Waals surface area contributed by atoms with Crippen LogP contribution in [0, 0.1) is 18.8 Å². The summed E-state index contributed by atoms with van der Waals surface area (Å²) in [6.45, 7) is 3.59.